The summed E-state index contributed by atoms with van der Waals surface area (Å²) in [4.78, 5) is 27.6. The highest BCUT2D eigenvalue weighted by Gasteiger charge is 2.48. The number of carboxylic acids is 1. The number of carboxylic acid groups (broad SMARTS) is 1. The van der Waals surface area contributed by atoms with Gasteiger partial charge in [-0.3, -0.25) is 14.6 Å². The van der Waals surface area contributed by atoms with E-state index in [9.17, 15) is 27.9 Å². The molecule has 8 nitrogen and oxygen atoms in total. The minimum Gasteiger partial charge on any atom is -0.490 e. The number of H-pyrrole nitrogens is 1. The maximum absolute atomic E-state index is 13.4. The van der Waals surface area contributed by atoms with Gasteiger partial charge in [-0.25, -0.2) is 0 Å². The molecule has 2 aliphatic heterocycles. The van der Waals surface area contributed by atoms with Crippen LogP contribution in [0.4, 0.5) is 24.5 Å². The summed E-state index contributed by atoms with van der Waals surface area (Å²) >= 11 is 6.24. The number of hydrogen-bond donors (Lipinski definition) is 2. The first-order valence-corrected chi connectivity index (χ1v) is 11.9. The highest BCUT2D eigenvalue weighted by molar-refractivity contribution is 6.33. The zero-order chi connectivity index (χ0) is 26.2. The highest BCUT2D eigenvalue weighted by Crippen LogP contribution is 2.37. The topological polar surface area (TPSA) is 98.2 Å². The van der Waals surface area contributed by atoms with Gasteiger partial charge in [0.25, 0.3) is 0 Å². The van der Waals surface area contributed by atoms with Crippen molar-refractivity contribution in [3.8, 4) is 5.75 Å². The fourth-order valence-corrected chi connectivity index (χ4v) is 4.97. The molecule has 0 spiro atoms. The summed E-state index contributed by atoms with van der Waals surface area (Å²) in [6.45, 7) is 4.63. The number of piperidine rings is 1. The van der Waals surface area contributed by atoms with Crippen LogP contribution >= 0.6 is 11.6 Å². The van der Waals surface area contributed by atoms with E-state index in [1.807, 2.05) is 11.8 Å². The van der Waals surface area contributed by atoms with Crippen LogP contribution in [0.25, 0.3) is 0 Å². The molecule has 36 heavy (non-hydrogen) atoms. The summed E-state index contributed by atoms with van der Waals surface area (Å²) in [5.74, 6) is -1.64. The van der Waals surface area contributed by atoms with E-state index in [1.165, 1.54) is 19.2 Å². The average molecular weight is 527 g/mol. The number of halogens is 4. The lowest BCUT2D eigenvalue weighted by Gasteiger charge is -2.38. The van der Waals surface area contributed by atoms with Crippen molar-refractivity contribution in [2.75, 3.05) is 23.0 Å². The van der Waals surface area contributed by atoms with Gasteiger partial charge in [-0.2, -0.15) is 18.3 Å². The van der Waals surface area contributed by atoms with Crippen molar-refractivity contribution in [2.45, 2.75) is 45.0 Å². The zero-order valence-electron chi connectivity index (χ0n) is 19.6. The Balaban J connectivity index is 1.45. The molecule has 0 radical (unpaired) electrons. The van der Waals surface area contributed by atoms with Crippen LogP contribution < -0.4 is 20.2 Å². The molecule has 1 saturated heterocycles. The van der Waals surface area contributed by atoms with Crippen LogP contribution in [-0.2, 0) is 4.79 Å². The number of carbonyl (C=O) groups is 1. The normalized spacial score (nSPS) is 24.6. The monoisotopic (exact) mass is 526 g/mol. The third-order valence-electron chi connectivity index (χ3n) is 6.62. The van der Waals surface area contributed by atoms with Crippen molar-refractivity contribution in [3.05, 3.63) is 51.9 Å². The minimum atomic E-state index is -4.64. The molecule has 1 aromatic carbocycles. The Morgan fingerprint density at radius 1 is 1.28 bits per heavy atom. The van der Waals surface area contributed by atoms with Crippen molar-refractivity contribution < 1.29 is 27.8 Å². The van der Waals surface area contributed by atoms with Gasteiger partial charge in [0.15, 0.2) is 0 Å². The first-order chi connectivity index (χ1) is 16.9. The van der Waals surface area contributed by atoms with Crippen molar-refractivity contribution >= 4 is 34.7 Å². The lowest BCUT2D eigenvalue weighted by Crippen LogP contribution is -2.44. The van der Waals surface area contributed by atoms with Crippen LogP contribution in [0.1, 0.15) is 26.7 Å². The average Bonchev–Trinajstić information content (AvgIpc) is 3.13. The van der Waals surface area contributed by atoms with Gasteiger partial charge >= 0.3 is 12.1 Å². The van der Waals surface area contributed by atoms with Gasteiger partial charge in [-0.05, 0) is 24.3 Å². The van der Waals surface area contributed by atoms with E-state index in [-0.39, 0.29) is 17.6 Å². The van der Waals surface area contributed by atoms with Gasteiger partial charge in [0.1, 0.15) is 17.6 Å². The van der Waals surface area contributed by atoms with Gasteiger partial charge in [-0.1, -0.05) is 25.4 Å². The van der Waals surface area contributed by atoms with E-state index in [1.54, 1.807) is 24.3 Å². The molecule has 0 amide bonds. The standard InChI is InChI=1S/C24H26ClF3N4O4/c1-13-12-31(19-9-21(33)29-11-17(19)25)8-7-20(13)36-16-5-3-15(4-6-16)32-18(10-22(34)35)14(2)23(30-32)24(26,27)28/h3-6,9,11,13-14,18,20H,7-8,10,12H2,1-2H3,(H,29,33)(H,34,35)/t13-,14+,18+,20-/m1/s1. The Morgan fingerprint density at radius 3 is 2.58 bits per heavy atom. The number of aromatic nitrogens is 1. The van der Waals surface area contributed by atoms with Gasteiger partial charge in [-0.15, -0.1) is 0 Å². The highest BCUT2D eigenvalue weighted by atomic mass is 35.5. The smallest absolute Gasteiger partial charge is 0.431 e. The van der Waals surface area contributed by atoms with Crippen LogP contribution in [0.3, 0.4) is 0 Å². The SMILES string of the molecule is C[C@@H]1CN(c2cc(=O)[nH]cc2Cl)CC[C@H]1Oc1ccc(N2N=C(C(F)(F)F)[C@@H](C)[C@@H]2CC(=O)O)cc1. The van der Waals surface area contributed by atoms with Crippen LogP contribution in [0.2, 0.25) is 5.02 Å². The molecular formula is C24H26ClF3N4O4. The molecule has 1 fully saturated rings. The summed E-state index contributed by atoms with van der Waals surface area (Å²) in [7, 11) is 0. The fourth-order valence-electron chi connectivity index (χ4n) is 4.74. The molecule has 0 unspecified atom stereocenters. The van der Waals surface area contributed by atoms with Gasteiger partial charge in [0.05, 0.1) is 28.9 Å². The molecule has 3 heterocycles. The maximum atomic E-state index is 13.4. The Bertz CT molecular complexity index is 1200. The van der Waals surface area contributed by atoms with Crippen molar-refractivity contribution in [1.29, 1.82) is 0 Å². The number of hydrazone groups is 1. The second kappa shape index (κ2) is 10.0. The fraction of sp³-hybridized carbons (Fsp3) is 0.458. The lowest BCUT2D eigenvalue weighted by atomic mass is 9.94. The first-order valence-electron chi connectivity index (χ1n) is 11.5. The molecule has 4 atom stereocenters. The number of pyridine rings is 1. The predicted molar refractivity (Wildman–Crippen MR) is 130 cm³/mol. The second-order valence-electron chi connectivity index (χ2n) is 9.17. The Kier molecular flexibility index (Phi) is 7.21. The van der Waals surface area contributed by atoms with E-state index in [0.717, 1.165) is 5.01 Å². The van der Waals surface area contributed by atoms with E-state index < -0.39 is 36.2 Å². The number of nitrogens with one attached hydrogen (secondary N) is 1. The van der Waals surface area contributed by atoms with E-state index in [0.29, 0.717) is 41.7 Å². The summed E-state index contributed by atoms with van der Waals surface area (Å²) in [6, 6.07) is 6.97. The van der Waals surface area contributed by atoms with Crippen LogP contribution in [0, 0.1) is 11.8 Å². The van der Waals surface area contributed by atoms with Crippen molar-refractivity contribution in [3.63, 3.8) is 0 Å². The molecule has 194 valence electrons. The molecule has 1 aromatic heterocycles. The summed E-state index contributed by atoms with van der Waals surface area (Å²) in [6.07, 6.45) is -3.09. The molecule has 0 bridgehead atoms. The number of hydrogen-bond acceptors (Lipinski definition) is 6. The summed E-state index contributed by atoms with van der Waals surface area (Å²) in [5, 5.41) is 14.5. The number of aliphatic carboxylic acids is 1. The molecule has 2 aliphatic rings. The Labute approximate surface area is 210 Å². The van der Waals surface area contributed by atoms with E-state index in [2.05, 4.69) is 10.1 Å². The van der Waals surface area contributed by atoms with Crippen molar-refractivity contribution in [1.82, 2.24) is 4.98 Å². The van der Waals surface area contributed by atoms with E-state index in [4.69, 9.17) is 16.3 Å². The number of anilines is 2. The number of rotatable bonds is 6. The first kappa shape index (κ1) is 25.9. The summed E-state index contributed by atoms with van der Waals surface area (Å²) in [5.41, 5.74) is -0.198. The van der Waals surface area contributed by atoms with Gasteiger partial charge < -0.3 is 19.7 Å². The molecule has 0 aliphatic carbocycles. The number of nitrogens with zero attached hydrogens (tertiary/aromatic N) is 3. The van der Waals surface area contributed by atoms with Crippen LogP contribution in [0.5, 0.6) is 5.75 Å². The molecule has 4 rings (SSSR count). The lowest BCUT2D eigenvalue weighted by molar-refractivity contribution is -0.137. The predicted octanol–water partition coefficient (Wildman–Crippen LogP) is 4.54. The van der Waals surface area contributed by atoms with E-state index >= 15 is 0 Å². The third-order valence-corrected chi connectivity index (χ3v) is 6.92. The quantitative estimate of drug-likeness (QED) is 0.573. The second-order valence-corrected chi connectivity index (χ2v) is 9.58. The maximum Gasteiger partial charge on any atom is 0.431 e. The number of alkyl halides is 3. The molecule has 2 N–H and O–H groups in total. The number of benzene rings is 1. The third kappa shape index (κ3) is 5.45. The Hall–Kier alpha value is -3.21. The number of ether oxygens (including phenoxy) is 1. The zero-order valence-corrected chi connectivity index (χ0v) is 20.4. The van der Waals surface area contributed by atoms with Gasteiger partial charge in [0.2, 0.25) is 5.56 Å². The van der Waals surface area contributed by atoms with Crippen LogP contribution in [-0.4, -0.2) is 53.2 Å². The summed E-state index contributed by atoms with van der Waals surface area (Å²) < 4.78 is 46.3. The molecule has 12 heteroatoms. The number of aromatic amines is 1. The largest absolute Gasteiger partial charge is 0.490 e. The van der Waals surface area contributed by atoms with Crippen molar-refractivity contribution in [2.24, 2.45) is 16.9 Å². The minimum absolute atomic E-state index is 0.104. The van der Waals surface area contributed by atoms with Gasteiger partial charge in [0, 0.05) is 43.6 Å². The molecular weight excluding hydrogens is 501 g/mol. The van der Waals surface area contributed by atoms with Crippen LogP contribution in [0.15, 0.2) is 46.4 Å². The molecule has 0 saturated carbocycles. The Morgan fingerprint density at radius 2 is 1.97 bits per heavy atom. The molecule has 2 aromatic rings.